The summed E-state index contributed by atoms with van der Waals surface area (Å²) >= 11 is 0. The van der Waals surface area contributed by atoms with Crippen molar-refractivity contribution >= 4 is 17.9 Å². The van der Waals surface area contributed by atoms with Gasteiger partial charge in [0.2, 0.25) is 11.6 Å². The highest BCUT2D eigenvalue weighted by Crippen LogP contribution is 2.26. The molecule has 1 aliphatic heterocycles. The van der Waals surface area contributed by atoms with Crippen LogP contribution in [0, 0.1) is 13.5 Å². The first-order chi connectivity index (χ1) is 9.67. The second-order valence-corrected chi connectivity index (χ2v) is 5.32. The number of aromatic nitrogens is 1. The van der Waals surface area contributed by atoms with E-state index in [0.717, 1.165) is 17.7 Å². The zero-order valence-electron chi connectivity index (χ0n) is 11.7. The maximum atomic E-state index is 7.02. The van der Waals surface area contributed by atoms with Gasteiger partial charge in [-0.1, -0.05) is 30.2 Å². The molecule has 0 saturated heterocycles. The van der Waals surface area contributed by atoms with Crippen molar-refractivity contribution in [2.24, 2.45) is 0 Å². The molecule has 0 bridgehead atoms. The molecular formula is C16H15BN2O. The van der Waals surface area contributed by atoms with E-state index in [9.17, 15) is 0 Å². The molecule has 4 heteroatoms. The summed E-state index contributed by atoms with van der Waals surface area (Å²) < 4.78 is 5.81. The first-order valence-corrected chi connectivity index (χ1v) is 6.82. The van der Waals surface area contributed by atoms with E-state index in [-0.39, 0.29) is 0 Å². The standard InChI is InChI=1S/C16H15BN2O/c1-11-8-16(19-10-15(11)18-3)20-13-4-5-14-12(9-13)6-7-17(14)2/h4-5,8-10H,6-7H2,1-2H3. The number of ether oxygens (including phenoxy) is 1. The van der Waals surface area contributed by atoms with Gasteiger partial charge in [-0.05, 0) is 37.1 Å². The van der Waals surface area contributed by atoms with Gasteiger partial charge in [0.25, 0.3) is 0 Å². The molecular weight excluding hydrogens is 247 g/mol. The molecule has 20 heavy (non-hydrogen) atoms. The third-order valence-electron chi connectivity index (χ3n) is 3.89. The van der Waals surface area contributed by atoms with E-state index in [1.54, 1.807) is 6.20 Å². The SMILES string of the molecule is [C-]#[N+]c1cnc(Oc2ccc3c(c2)CCB3C)cc1C. The van der Waals surface area contributed by atoms with Crippen LogP contribution in [-0.2, 0) is 6.42 Å². The Morgan fingerprint density at radius 3 is 2.95 bits per heavy atom. The number of benzene rings is 1. The molecule has 2 aromatic rings. The molecule has 2 heterocycles. The van der Waals surface area contributed by atoms with E-state index < -0.39 is 0 Å². The maximum absolute atomic E-state index is 7.02. The summed E-state index contributed by atoms with van der Waals surface area (Å²) in [4.78, 5) is 7.58. The minimum Gasteiger partial charge on any atom is -0.439 e. The van der Waals surface area contributed by atoms with Gasteiger partial charge in [-0.3, -0.25) is 0 Å². The number of rotatable bonds is 2. The van der Waals surface area contributed by atoms with Gasteiger partial charge in [0.15, 0.2) is 6.71 Å². The maximum Gasteiger partial charge on any atom is 0.216 e. The van der Waals surface area contributed by atoms with Crippen LogP contribution in [-0.4, -0.2) is 11.7 Å². The Morgan fingerprint density at radius 2 is 2.20 bits per heavy atom. The van der Waals surface area contributed by atoms with E-state index in [4.69, 9.17) is 11.3 Å². The summed E-state index contributed by atoms with van der Waals surface area (Å²) in [6.07, 6.45) is 3.90. The molecule has 3 nitrogen and oxygen atoms in total. The van der Waals surface area contributed by atoms with Crippen LogP contribution >= 0.6 is 0 Å². The van der Waals surface area contributed by atoms with Gasteiger partial charge < -0.3 is 4.74 Å². The fraction of sp³-hybridized carbons (Fsp3) is 0.250. The number of hydrogen-bond donors (Lipinski definition) is 0. The number of aryl methyl sites for hydroxylation is 2. The van der Waals surface area contributed by atoms with Crippen molar-refractivity contribution < 1.29 is 4.74 Å². The molecule has 0 fully saturated rings. The average molecular weight is 262 g/mol. The van der Waals surface area contributed by atoms with Crippen LogP contribution in [0.5, 0.6) is 11.6 Å². The van der Waals surface area contributed by atoms with E-state index in [1.807, 2.05) is 19.1 Å². The van der Waals surface area contributed by atoms with Gasteiger partial charge in [-0.25, -0.2) is 9.83 Å². The summed E-state index contributed by atoms with van der Waals surface area (Å²) in [7, 11) is 0. The Bertz CT molecular complexity index is 706. The molecule has 0 amide bonds. The Morgan fingerprint density at radius 1 is 1.35 bits per heavy atom. The average Bonchev–Trinajstić information content (AvgIpc) is 2.80. The quantitative estimate of drug-likeness (QED) is 0.610. The predicted molar refractivity (Wildman–Crippen MR) is 81.5 cm³/mol. The first kappa shape index (κ1) is 12.7. The zero-order chi connectivity index (χ0) is 14.1. The van der Waals surface area contributed by atoms with Crippen molar-refractivity contribution in [3.63, 3.8) is 0 Å². The third kappa shape index (κ3) is 2.27. The van der Waals surface area contributed by atoms with Crippen LogP contribution < -0.4 is 10.2 Å². The van der Waals surface area contributed by atoms with Crippen molar-refractivity contribution in [1.29, 1.82) is 0 Å². The summed E-state index contributed by atoms with van der Waals surface area (Å²) in [5, 5.41) is 0. The molecule has 0 radical (unpaired) electrons. The minimum absolute atomic E-state index is 0.542. The minimum atomic E-state index is 0.542. The topological polar surface area (TPSA) is 26.5 Å². The normalized spacial score (nSPS) is 12.9. The molecule has 0 unspecified atom stereocenters. The monoisotopic (exact) mass is 262 g/mol. The highest BCUT2D eigenvalue weighted by atomic mass is 16.5. The first-order valence-electron chi connectivity index (χ1n) is 6.82. The third-order valence-corrected chi connectivity index (χ3v) is 3.89. The molecule has 1 aromatic heterocycles. The largest absolute Gasteiger partial charge is 0.439 e. The Hall–Kier alpha value is -2.28. The van der Waals surface area contributed by atoms with Crippen molar-refractivity contribution in [2.75, 3.05) is 0 Å². The highest BCUT2D eigenvalue weighted by Gasteiger charge is 2.21. The van der Waals surface area contributed by atoms with Crippen LogP contribution in [0.25, 0.3) is 4.85 Å². The Labute approximate surface area is 119 Å². The lowest BCUT2D eigenvalue weighted by Gasteiger charge is -2.08. The Kier molecular flexibility index (Phi) is 3.19. The van der Waals surface area contributed by atoms with Gasteiger partial charge in [0.1, 0.15) is 5.75 Å². The molecule has 98 valence electrons. The summed E-state index contributed by atoms with van der Waals surface area (Å²) in [5.74, 6) is 1.36. The van der Waals surface area contributed by atoms with E-state index in [2.05, 4.69) is 28.8 Å². The number of hydrogen-bond acceptors (Lipinski definition) is 2. The number of nitrogens with zero attached hydrogens (tertiary/aromatic N) is 2. The molecule has 0 saturated carbocycles. The van der Waals surface area contributed by atoms with Gasteiger partial charge in [-0.2, -0.15) is 0 Å². The summed E-state index contributed by atoms with van der Waals surface area (Å²) in [5.41, 5.74) is 4.27. The van der Waals surface area contributed by atoms with Crippen LogP contribution in [0.2, 0.25) is 13.1 Å². The van der Waals surface area contributed by atoms with Crippen molar-refractivity contribution in [1.82, 2.24) is 4.98 Å². The van der Waals surface area contributed by atoms with Crippen LogP contribution in [0.3, 0.4) is 0 Å². The predicted octanol–water partition coefficient (Wildman–Crippen LogP) is 3.62. The van der Waals surface area contributed by atoms with E-state index >= 15 is 0 Å². The molecule has 0 spiro atoms. The van der Waals surface area contributed by atoms with Gasteiger partial charge in [0.05, 0.1) is 6.57 Å². The van der Waals surface area contributed by atoms with Crippen molar-refractivity contribution in [2.45, 2.75) is 26.5 Å². The smallest absolute Gasteiger partial charge is 0.216 e. The second kappa shape index (κ2) is 5.01. The molecule has 1 aromatic carbocycles. The lowest BCUT2D eigenvalue weighted by molar-refractivity contribution is 0.462. The fourth-order valence-corrected chi connectivity index (χ4v) is 2.69. The molecule has 1 aliphatic rings. The number of fused-ring (bicyclic) bond motifs is 1. The Balaban J connectivity index is 1.85. The lowest BCUT2D eigenvalue weighted by atomic mass is 9.48. The van der Waals surface area contributed by atoms with E-state index in [1.165, 1.54) is 17.3 Å². The lowest BCUT2D eigenvalue weighted by Crippen LogP contribution is -2.21. The molecule has 0 atom stereocenters. The van der Waals surface area contributed by atoms with Crippen LogP contribution in [0.1, 0.15) is 11.1 Å². The molecule has 3 rings (SSSR count). The van der Waals surface area contributed by atoms with E-state index in [0.29, 0.717) is 18.3 Å². The van der Waals surface area contributed by atoms with Gasteiger partial charge >= 0.3 is 0 Å². The zero-order valence-corrected chi connectivity index (χ0v) is 11.7. The molecule has 0 N–H and O–H groups in total. The fourth-order valence-electron chi connectivity index (χ4n) is 2.69. The van der Waals surface area contributed by atoms with Crippen LogP contribution in [0.15, 0.2) is 30.5 Å². The number of pyridine rings is 1. The van der Waals surface area contributed by atoms with Crippen LogP contribution in [0.4, 0.5) is 5.69 Å². The van der Waals surface area contributed by atoms with Gasteiger partial charge in [0, 0.05) is 6.20 Å². The van der Waals surface area contributed by atoms with Gasteiger partial charge in [-0.15, -0.1) is 0 Å². The summed E-state index contributed by atoms with van der Waals surface area (Å²) in [6, 6.07) is 8.07. The molecule has 0 aliphatic carbocycles. The highest BCUT2D eigenvalue weighted by molar-refractivity contribution is 6.73. The second-order valence-electron chi connectivity index (χ2n) is 5.32. The van der Waals surface area contributed by atoms with Crippen molar-refractivity contribution in [3.05, 3.63) is 53.0 Å². The van der Waals surface area contributed by atoms with Crippen molar-refractivity contribution in [3.8, 4) is 11.6 Å². The summed E-state index contributed by atoms with van der Waals surface area (Å²) in [6.45, 7) is 11.8.